The maximum Gasteiger partial charge on any atom is 0.307 e. The quantitative estimate of drug-likeness (QED) is 0.428. The summed E-state index contributed by atoms with van der Waals surface area (Å²) in [4.78, 5) is 12.0. The van der Waals surface area contributed by atoms with Gasteiger partial charge in [-0.15, -0.1) is 11.8 Å². The number of aromatic nitrogens is 1. The number of carboxylic acids is 1. The van der Waals surface area contributed by atoms with Crippen LogP contribution in [-0.4, -0.2) is 16.2 Å². The van der Waals surface area contributed by atoms with Gasteiger partial charge in [0.25, 0.3) is 0 Å². The largest absolute Gasteiger partial charge is 0.481 e. The van der Waals surface area contributed by atoms with Crippen LogP contribution in [0.5, 0.6) is 0 Å². The van der Waals surface area contributed by atoms with Gasteiger partial charge >= 0.3 is 5.97 Å². The normalized spacial score (nSPS) is 11.2. The molecule has 4 rings (SSSR count). The molecule has 0 fully saturated rings. The second-order valence-electron chi connectivity index (χ2n) is 6.73. The molecule has 0 radical (unpaired) electrons. The minimum Gasteiger partial charge on any atom is -0.481 e. The van der Waals surface area contributed by atoms with Crippen molar-refractivity contribution in [3.8, 4) is 11.3 Å². The van der Waals surface area contributed by atoms with Crippen LogP contribution in [0, 0.1) is 13.8 Å². The summed E-state index contributed by atoms with van der Waals surface area (Å²) in [5.74, 6) is 0.609. The Balaban J connectivity index is 1.50. The molecule has 1 N–H and O–H groups in total. The standard InChI is InChI=1S/C22H19NO4S/c1-13-3-5-15(6-4-13)22-14(2)19(23-27-22)12-28-17-7-8-18-16(9-21(24)25)11-26-20(18)10-17/h3-8,10-11H,9,12H2,1-2H3,(H,24,25). The van der Waals surface area contributed by atoms with E-state index in [4.69, 9.17) is 14.0 Å². The molecule has 0 aliphatic rings. The summed E-state index contributed by atoms with van der Waals surface area (Å²) in [5, 5.41) is 14.1. The Morgan fingerprint density at radius 2 is 1.93 bits per heavy atom. The van der Waals surface area contributed by atoms with Gasteiger partial charge in [-0.2, -0.15) is 0 Å². The highest BCUT2D eigenvalue weighted by molar-refractivity contribution is 7.98. The SMILES string of the molecule is Cc1ccc(-c2onc(CSc3ccc4c(CC(=O)O)coc4c3)c2C)cc1. The van der Waals surface area contributed by atoms with Crippen molar-refractivity contribution in [2.45, 2.75) is 30.9 Å². The van der Waals surface area contributed by atoms with Crippen molar-refractivity contribution in [1.29, 1.82) is 0 Å². The molecule has 0 amide bonds. The van der Waals surface area contributed by atoms with E-state index in [0.29, 0.717) is 16.9 Å². The van der Waals surface area contributed by atoms with E-state index >= 15 is 0 Å². The van der Waals surface area contributed by atoms with Crippen LogP contribution in [0.25, 0.3) is 22.3 Å². The summed E-state index contributed by atoms with van der Waals surface area (Å²) >= 11 is 1.64. The minimum atomic E-state index is -0.868. The predicted molar refractivity (Wildman–Crippen MR) is 109 cm³/mol. The zero-order chi connectivity index (χ0) is 19.7. The molecule has 0 bridgehead atoms. The van der Waals surface area contributed by atoms with E-state index in [1.807, 2.05) is 37.3 Å². The Morgan fingerprint density at radius 1 is 1.14 bits per heavy atom. The molecule has 5 nitrogen and oxygen atoms in total. The molecule has 0 aliphatic carbocycles. The van der Waals surface area contributed by atoms with Gasteiger partial charge in [-0.1, -0.05) is 35.0 Å². The molecule has 142 valence electrons. The van der Waals surface area contributed by atoms with Gasteiger partial charge in [0, 0.05) is 32.7 Å². The van der Waals surface area contributed by atoms with Crippen LogP contribution in [-0.2, 0) is 17.0 Å². The molecule has 0 unspecified atom stereocenters. The van der Waals surface area contributed by atoms with Crippen LogP contribution < -0.4 is 0 Å². The first-order chi connectivity index (χ1) is 13.5. The maximum atomic E-state index is 10.9. The lowest BCUT2D eigenvalue weighted by Gasteiger charge is -2.01. The van der Waals surface area contributed by atoms with Crippen molar-refractivity contribution in [2.24, 2.45) is 0 Å². The second kappa shape index (κ2) is 7.56. The zero-order valence-corrected chi connectivity index (χ0v) is 16.4. The van der Waals surface area contributed by atoms with E-state index in [1.54, 1.807) is 11.8 Å². The molecule has 2 heterocycles. The van der Waals surface area contributed by atoms with Gasteiger partial charge in [-0.25, -0.2) is 0 Å². The number of aliphatic carboxylic acids is 1. The number of aryl methyl sites for hydroxylation is 1. The number of carbonyl (C=O) groups is 1. The third-order valence-corrected chi connectivity index (χ3v) is 5.68. The van der Waals surface area contributed by atoms with Gasteiger partial charge < -0.3 is 14.0 Å². The number of rotatable bonds is 6. The number of carboxylic acid groups (broad SMARTS) is 1. The van der Waals surface area contributed by atoms with Crippen LogP contribution >= 0.6 is 11.8 Å². The average molecular weight is 393 g/mol. The van der Waals surface area contributed by atoms with Crippen molar-refractivity contribution < 1.29 is 18.8 Å². The van der Waals surface area contributed by atoms with Crippen LogP contribution in [0.15, 0.2) is 62.6 Å². The predicted octanol–water partition coefficient (Wildman–Crippen LogP) is 5.62. The molecule has 28 heavy (non-hydrogen) atoms. The van der Waals surface area contributed by atoms with Crippen molar-refractivity contribution in [1.82, 2.24) is 5.16 Å². The van der Waals surface area contributed by atoms with Crippen molar-refractivity contribution in [2.75, 3.05) is 0 Å². The van der Waals surface area contributed by atoms with Gasteiger partial charge in [0.15, 0.2) is 5.76 Å². The topological polar surface area (TPSA) is 76.5 Å². The molecule has 2 aromatic carbocycles. The fourth-order valence-corrected chi connectivity index (χ4v) is 4.01. The van der Waals surface area contributed by atoms with Crippen LogP contribution in [0.2, 0.25) is 0 Å². The highest BCUT2D eigenvalue weighted by Gasteiger charge is 2.15. The number of benzene rings is 2. The van der Waals surface area contributed by atoms with Crippen molar-refractivity contribution in [3.05, 3.63) is 71.1 Å². The highest BCUT2D eigenvalue weighted by Crippen LogP contribution is 2.32. The number of hydrogen-bond acceptors (Lipinski definition) is 5. The Kier molecular flexibility index (Phi) is 4.96. The number of fused-ring (bicyclic) bond motifs is 1. The van der Waals surface area contributed by atoms with Gasteiger partial charge in [0.05, 0.1) is 18.4 Å². The molecule has 2 aromatic heterocycles. The molecule has 0 saturated heterocycles. The minimum absolute atomic E-state index is 0.0423. The molecule has 0 saturated carbocycles. The Bertz CT molecular complexity index is 1140. The summed E-state index contributed by atoms with van der Waals surface area (Å²) in [6.07, 6.45) is 1.47. The summed E-state index contributed by atoms with van der Waals surface area (Å²) in [5.41, 5.74) is 5.56. The van der Waals surface area contributed by atoms with Crippen molar-refractivity contribution in [3.63, 3.8) is 0 Å². The molecule has 0 atom stereocenters. The Labute approximate surface area is 166 Å². The van der Waals surface area contributed by atoms with E-state index in [2.05, 4.69) is 24.2 Å². The first-order valence-electron chi connectivity index (χ1n) is 8.88. The van der Waals surface area contributed by atoms with Gasteiger partial charge in [0.2, 0.25) is 0 Å². The first kappa shape index (κ1) is 18.4. The van der Waals surface area contributed by atoms with E-state index in [1.165, 1.54) is 11.8 Å². The molecule has 6 heteroatoms. The fourth-order valence-electron chi connectivity index (χ4n) is 3.08. The maximum absolute atomic E-state index is 10.9. The lowest BCUT2D eigenvalue weighted by Crippen LogP contribution is -1.98. The van der Waals surface area contributed by atoms with Crippen LogP contribution in [0.1, 0.15) is 22.4 Å². The van der Waals surface area contributed by atoms with E-state index in [-0.39, 0.29) is 6.42 Å². The number of nitrogens with zero attached hydrogens (tertiary/aromatic N) is 1. The molecule has 0 spiro atoms. The number of hydrogen-bond donors (Lipinski definition) is 1. The lowest BCUT2D eigenvalue weighted by molar-refractivity contribution is -0.136. The Morgan fingerprint density at radius 3 is 2.68 bits per heavy atom. The molecule has 4 aromatic rings. The lowest BCUT2D eigenvalue weighted by atomic mass is 10.1. The van der Waals surface area contributed by atoms with Gasteiger partial charge in [-0.05, 0) is 32.0 Å². The van der Waals surface area contributed by atoms with Crippen LogP contribution in [0.4, 0.5) is 0 Å². The van der Waals surface area contributed by atoms with Gasteiger partial charge in [-0.3, -0.25) is 4.79 Å². The van der Waals surface area contributed by atoms with E-state index < -0.39 is 5.97 Å². The summed E-state index contributed by atoms with van der Waals surface area (Å²) in [6, 6.07) is 14.0. The molecule has 0 aliphatic heterocycles. The smallest absolute Gasteiger partial charge is 0.307 e. The zero-order valence-electron chi connectivity index (χ0n) is 15.6. The molecular formula is C22H19NO4S. The summed E-state index contributed by atoms with van der Waals surface area (Å²) in [6.45, 7) is 4.08. The molecular weight excluding hydrogens is 374 g/mol. The third-order valence-electron chi connectivity index (χ3n) is 4.68. The fraction of sp³-hybridized carbons (Fsp3) is 0.182. The first-order valence-corrected chi connectivity index (χ1v) is 9.86. The van der Waals surface area contributed by atoms with Crippen LogP contribution in [0.3, 0.4) is 0 Å². The van der Waals surface area contributed by atoms with E-state index in [0.717, 1.165) is 32.9 Å². The van der Waals surface area contributed by atoms with E-state index in [9.17, 15) is 4.79 Å². The van der Waals surface area contributed by atoms with Gasteiger partial charge in [0.1, 0.15) is 5.58 Å². The third kappa shape index (κ3) is 3.68. The number of furan rings is 1. The summed E-state index contributed by atoms with van der Waals surface area (Å²) < 4.78 is 11.1. The highest BCUT2D eigenvalue weighted by atomic mass is 32.2. The number of thioether (sulfide) groups is 1. The van der Waals surface area contributed by atoms with Crippen molar-refractivity contribution >= 4 is 28.7 Å². The average Bonchev–Trinajstić information content (AvgIpc) is 3.24. The summed E-state index contributed by atoms with van der Waals surface area (Å²) in [7, 11) is 0. The second-order valence-corrected chi connectivity index (χ2v) is 7.78. The Hall–Kier alpha value is -2.99. The monoisotopic (exact) mass is 393 g/mol.